The first-order valence-electron chi connectivity index (χ1n) is 6.31. The molecule has 1 aromatic carbocycles. The minimum atomic E-state index is 0.120. The summed E-state index contributed by atoms with van der Waals surface area (Å²) in [5.41, 5.74) is 6.92. The van der Waals surface area contributed by atoms with Crippen LogP contribution in [-0.2, 0) is 0 Å². The quantitative estimate of drug-likeness (QED) is 0.572. The second-order valence-corrected chi connectivity index (χ2v) is 4.44. The molecule has 98 valence electrons. The summed E-state index contributed by atoms with van der Waals surface area (Å²) in [5.74, 6) is 3.48. The second-order valence-electron chi connectivity index (χ2n) is 4.44. The Labute approximate surface area is 110 Å². The first kappa shape index (κ1) is 14.6. The number of ether oxygens (including phenoxy) is 1. The Morgan fingerprint density at radius 3 is 2.83 bits per heavy atom. The third kappa shape index (κ3) is 4.79. The Bertz CT molecular complexity index is 396. The van der Waals surface area contributed by atoms with Crippen LogP contribution < -0.4 is 15.8 Å². The first-order valence-corrected chi connectivity index (χ1v) is 6.31. The van der Waals surface area contributed by atoms with E-state index in [9.17, 15) is 0 Å². The van der Waals surface area contributed by atoms with Gasteiger partial charge < -0.3 is 15.8 Å². The van der Waals surface area contributed by atoms with Gasteiger partial charge >= 0.3 is 0 Å². The lowest BCUT2D eigenvalue weighted by atomic mass is 10.1. The molecule has 1 atom stereocenters. The molecule has 0 aliphatic rings. The predicted molar refractivity (Wildman–Crippen MR) is 75.5 cm³/mol. The van der Waals surface area contributed by atoms with Crippen LogP contribution in [0.15, 0.2) is 24.3 Å². The summed E-state index contributed by atoms with van der Waals surface area (Å²) < 4.78 is 5.67. The van der Waals surface area contributed by atoms with E-state index in [2.05, 4.69) is 11.2 Å². The molecule has 1 aromatic rings. The molecule has 0 saturated heterocycles. The summed E-state index contributed by atoms with van der Waals surface area (Å²) in [6.45, 7) is 5.33. The molecule has 3 nitrogen and oxygen atoms in total. The van der Waals surface area contributed by atoms with Crippen LogP contribution in [0.3, 0.4) is 0 Å². The van der Waals surface area contributed by atoms with E-state index in [1.54, 1.807) is 0 Å². The lowest BCUT2D eigenvalue weighted by Crippen LogP contribution is -2.28. The van der Waals surface area contributed by atoms with Crippen LogP contribution in [0.4, 0.5) is 0 Å². The van der Waals surface area contributed by atoms with Gasteiger partial charge in [0, 0.05) is 25.6 Å². The van der Waals surface area contributed by atoms with Crippen molar-refractivity contribution < 1.29 is 4.74 Å². The summed E-state index contributed by atoms with van der Waals surface area (Å²) >= 11 is 0. The third-order valence-corrected chi connectivity index (χ3v) is 2.53. The van der Waals surface area contributed by atoms with Crippen LogP contribution in [0.1, 0.15) is 31.9 Å². The third-order valence-electron chi connectivity index (χ3n) is 2.53. The molecule has 3 heteroatoms. The minimum absolute atomic E-state index is 0.120. The maximum atomic E-state index is 5.78. The number of benzene rings is 1. The Kier molecular flexibility index (Phi) is 6.27. The zero-order chi connectivity index (χ0) is 13.4. The molecule has 0 fully saturated rings. The average Bonchev–Trinajstić information content (AvgIpc) is 2.34. The molecule has 0 saturated carbocycles. The summed E-state index contributed by atoms with van der Waals surface area (Å²) in [5, 5.41) is 3.34. The van der Waals surface area contributed by atoms with Gasteiger partial charge in [-0.1, -0.05) is 12.1 Å². The van der Waals surface area contributed by atoms with Crippen LogP contribution in [0.2, 0.25) is 0 Å². The summed E-state index contributed by atoms with van der Waals surface area (Å²) in [6.07, 6.45) is 6.11. The van der Waals surface area contributed by atoms with Crippen molar-refractivity contribution in [3.63, 3.8) is 0 Å². The lowest BCUT2D eigenvalue weighted by molar-refractivity contribution is 0.242. The number of nitrogens with one attached hydrogen (secondary N) is 1. The largest absolute Gasteiger partial charge is 0.491 e. The Hall–Kier alpha value is -1.50. The van der Waals surface area contributed by atoms with E-state index >= 15 is 0 Å². The Morgan fingerprint density at radius 1 is 1.44 bits per heavy atom. The van der Waals surface area contributed by atoms with E-state index in [0.29, 0.717) is 13.0 Å². The van der Waals surface area contributed by atoms with E-state index < -0.39 is 0 Å². The van der Waals surface area contributed by atoms with Gasteiger partial charge in [-0.2, -0.15) is 0 Å². The molecule has 0 spiro atoms. The van der Waals surface area contributed by atoms with Crippen LogP contribution in [-0.4, -0.2) is 19.2 Å². The fourth-order valence-electron chi connectivity index (χ4n) is 1.73. The average molecular weight is 246 g/mol. The highest BCUT2D eigenvalue weighted by Gasteiger charge is 2.09. The highest BCUT2D eigenvalue weighted by Crippen LogP contribution is 2.19. The molecule has 3 N–H and O–H groups in total. The monoisotopic (exact) mass is 246 g/mol. The van der Waals surface area contributed by atoms with Crippen molar-refractivity contribution in [3.8, 4) is 18.1 Å². The highest BCUT2D eigenvalue weighted by atomic mass is 16.5. The Morgan fingerprint density at radius 2 is 2.22 bits per heavy atom. The first-order chi connectivity index (χ1) is 8.67. The SMILES string of the molecule is C#CCCNC(CN)c1cccc(OC(C)C)c1. The minimum Gasteiger partial charge on any atom is -0.491 e. The van der Waals surface area contributed by atoms with Gasteiger partial charge in [-0.3, -0.25) is 0 Å². The van der Waals surface area contributed by atoms with Gasteiger partial charge in [0.15, 0.2) is 0 Å². The fourth-order valence-corrected chi connectivity index (χ4v) is 1.73. The van der Waals surface area contributed by atoms with Crippen LogP contribution in [0, 0.1) is 12.3 Å². The zero-order valence-electron chi connectivity index (χ0n) is 11.1. The van der Waals surface area contributed by atoms with Crippen molar-refractivity contribution in [2.75, 3.05) is 13.1 Å². The van der Waals surface area contributed by atoms with E-state index in [4.69, 9.17) is 16.9 Å². The van der Waals surface area contributed by atoms with E-state index in [1.807, 2.05) is 38.1 Å². The molecule has 0 amide bonds. The molecule has 0 radical (unpaired) electrons. The number of hydrogen-bond acceptors (Lipinski definition) is 3. The van der Waals surface area contributed by atoms with Crippen molar-refractivity contribution in [3.05, 3.63) is 29.8 Å². The summed E-state index contributed by atoms with van der Waals surface area (Å²) in [6, 6.07) is 8.14. The molecule has 0 bridgehead atoms. The highest BCUT2D eigenvalue weighted by molar-refractivity contribution is 5.31. The lowest BCUT2D eigenvalue weighted by Gasteiger charge is -2.18. The molecular formula is C15H22N2O. The number of nitrogens with two attached hydrogens (primary N) is 1. The van der Waals surface area contributed by atoms with E-state index in [-0.39, 0.29) is 12.1 Å². The number of terminal acetylenes is 1. The van der Waals surface area contributed by atoms with Gasteiger partial charge in [-0.25, -0.2) is 0 Å². The van der Waals surface area contributed by atoms with Gasteiger partial charge in [0.05, 0.1) is 6.10 Å². The maximum absolute atomic E-state index is 5.78. The van der Waals surface area contributed by atoms with E-state index in [0.717, 1.165) is 17.9 Å². The molecule has 1 unspecified atom stereocenters. The predicted octanol–water partition coefficient (Wildman–Crippen LogP) is 2.09. The molecule has 0 heterocycles. The summed E-state index contributed by atoms with van der Waals surface area (Å²) in [4.78, 5) is 0. The van der Waals surface area contributed by atoms with Crippen molar-refractivity contribution in [2.45, 2.75) is 32.4 Å². The normalized spacial score (nSPS) is 12.2. The molecule has 0 aromatic heterocycles. The van der Waals surface area contributed by atoms with Crippen LogP contribution >= 0.6 is 0 Å². The molecule has 0 aliphatic carbocycles. The van der Waals surface area contributed by atoms with Crippen molar-refractivity contribution >= 4 is 0 Å². The van der Waals surface area contributed by atoms with Crippen LogP contribution in [0.5, 0.6) is 5.75 Å². The van der Waals surface area contributed by atoms with Crippen molar-refractivity contribution in [2.24, 2.45) is 5.73 Å². The zero-order valence-corrected chi connectivity index (χ0v) is 11.1. The second kappa shape index (κ2) is 7.75. The molecule has 0 aliphatic heterocycles. The van der Waals surface area contributed by atoms with Gasteiger partial charge in [-0.05, 0) is 31.5 Å². The number of hydrogen-bond donors (Lipinski definition) is 2. The topological polar surface area (TPSA) is 47.3 Å². The standard InChI is InChI=1S/C15H22N2O/c1-4-5-9-17-15(11-16)13-7-6-8-14(10-13)18-12(2)3/h1,6-8,10,12,15,17H,5,9,11,16H2,2-3H3. The number of rotatable bonds is 7. The van der Waals surface area contributed by atoms with Crippen molar-refractivity contribution in [1.82, 2.24) is 5.32 Å². The van der Waals surface area contributed by atoms with Crippen molar-refractivity contribution in [1.29, 1.82) is 0 Å². The summed E-state index contributed by atoms with van der Waals surface area (Å²) in [7, 11) is 0. The fraction of sp³-hybridized carbons (Fsp3) is 0.467. The smallest absolute Gasteiger partial charge is 0.120 e. The molecule has 1 rings (SSSR count). The molecular weight excluding hydrogens is 224 g/mol. The maximum Gasteiger partial charge on any atom is 0.120 e. The Balaban J connectivity index is 2.70. The van der Waals surface area contributed by atoms with E-state index in [1.165, 1.54) is 0 Å². The van der Waals surface area contributed by atoms with Gasteiger partial charge in [0.2, 0.25) is 0 Å². The van der Waals surface area contributed by atoms with Gasteiger partial charge in [0.25, 0.3) is 0 Å². The van der Waals surface area contributed by atoms with Gasteiger partial charge in [0.1, 0.15) is 5.75 Å². The molecule has 18 heavy (non-hydrogen) atoms. The van der Waals surface area contributed by atoms with Crippen LogP contribution in [0.25, 0.3) is 0 Å². The van der Waals surface area contributed by atoms with Gasteiger partial charge in [-0.15, -0.1) is 12.3 Å².